The molecule has 2 aliphatic heterocycles. The number of rotatable bonds is 3. The number of benzene rings is 2. The maximum absolute atomic E-state index is 13.7. The van der Waals surface area contributed by atoms with Gasteiger partial charge < -0.3 is 14.5 Å². The lowest BCUT2D eigenvalue weighted by atomic mass is 10.0. The van der Waals surface area contributed by atoms with E-state index in [0.717, 1.165) is 44.0 Å². The van der Waals surface area contributed by atoms with Crippen LogP contribution < -0.4 is 15.2 Å². The number of ether oxygens (including phenoxy) is 2. The standard InChI is InChI=1S/C21H22FN3O3/c22-14-7-8-17-18(10-14)25(21(26)23-17)15-4-3-9-24(11-15)12-16-13-27-19-5-1-2-6-20(19)28-16/h1-2,5-8,10,15-16H,3-4,9,11-13H2,(H,23,26)/t15-,16-/m0/s1. The van der Waals surface area contributed by atoms with Gasteiger partial charge in [-0.2, -0.15) is 0 Å². The zero-order valence-electron chi connectivity index (χ0n) is 15.4. The van der Waals surface area contributed by atoms with Crippen LogP contribution in [0, 0.1) is 5.82 Å². The normalized spacial score (nSPS) is 22.5. The van der Waals surface area contributed by atoms with Gasteiger partial charge in [-0.25, -0.2) is 9.18 Å². The zero-order chi connectivity index (χ0) is 19.1. The molecule has 1 fully saturated rings. The van der Waals surface area contributed by atoms with Crippen molar-refractivity contribution < 1.29 is 13.9 Å². The minimum atomic E-state index is -0.334. The number of para-hydroxylation sites is 2. The Balaban J connectivity index is 1.33. The number of hydrogen-bond donors (Lipinski definition) is 1. The number of halogens is 1. The fraction of sp³-hybridized carbons (Fsp3) is 0.381. The summed E-state index contributed by atoms with van der Waals surface area (Å²) in [5, 5.41) is 0. The summed E-state index contributed by atoms with van der Waals surface area (Å²) in [5.41, 5.74) is 1.12. The molecule has 1 saturated heterocycles. The van der Waals surface area contributed by atoms with Crippen LogP contribution in [-0.2, 0) is 0 Å². The molecule has 5 rings (SSSR count). The molecular weight excluding hydrogens is 361 g/mol. The number of H-pyrrole nitrogens is 1. The summed E-state index contributed by atoms with van der Waals surface area (Å²) in [7, 11) is 0. The summed E-state index contributed by atoms with van der Waals surface area (Å²) in [4.78, 5) is 17.6. The van der Waals surface area contributed by atoms with Crippen molar-refractivity contribution in [3.8, 4) is 11.5 Å². The van der Waals surface area contributed by atoms with Gasteiger partial charge >= 0.3 is 5.69 Å². The Morgan fingerprint density at radius 3 is 2.93 bits per heavy atom. The van der Waals surface area contributed by atoms with Gasteiger partial charge in [-0.05, 0) is 49.7 Å². The maximum Gasteiger partial charge on any atom is 0.326 e. The van der Waals surface area contributed by atoms with E-state index in [-0.39, 0.29) is 23.7 Å². The van der Waals surface area contributed by atoms with Crippen molar-refractivity contribution in [1.82, 2.24) is 14.5 Å². The average Bonchev–Trinajstić information content (AvgIpc) is 3.03. The van der Waals surface area contributed by atoms with E-state index in [1.165, 1.54) is 12.1 Å². The van der Waals surface area contributed by atoms with Crippen LogP contribution >= 0.6 is 0 Å². The monoisotopic (exact) mass is 383 g/mol. The molecule has 3 heterocycles. The molecule has 0 aliphatic carbocycles. The molecule has 3 aromatic rings. The molecule has 1 aromatic heterocycles. The third-order valence-electron chi connectivity index (χ3n) is 5.55. The molecule has 0 bridgehead atoms. The molecule has 0 saturated carbocycles. The van der Waals surface area contributed by atoms with Crippen molar-refractivity contribution in [1.29, 1.82) is 0 Å². The number of likely N-dealkylation sites (tertiary alicyclic amines) is 1. The third kappa shape index (κ3) is 3.16. The van der Waals surface area contributed by atoms with Gasteiger partial charge in [-0.3, -0.25) is 9.47 Å². The Morgan fingerprint density at radius 1 is 1.18 bits per heavy atom. The maximum atomic E-state index is 13.7. The Hall–Kier alpha value is -2.80. The predicted octanol–water partition coefficient (Wildman–Crippen LogP) is 2.95. The summed E-state index contributed by atoms with van der Waals surface area (Å²) in [6.07, 6.45) is 1.82. The highest BCUT2D eigenvalue weighted by molar-refractivity contribution is 5.75. The van der Waals surface area contributed by atoms with Gasteiger partial charge in [0, 0.05) is 13.1 Å². The summed E-state index contributed by atoms with van der Waals surface area (Å²) in [6.45, 7) is 2.92. The SMILES string of the molecule is O=c1[nH]c2ccc(F)cc2n1[C@H]1CCCN(C[C@H]2COc3ccccc3O2)C1. The highest BCUT2D eigenvalue weighted by Gasteiger charge is 2.28. The second kappa shape index (κ2) is 6.98. The molecule has 2 aliphatic rings. The minimum Gasteiger partial charge on any atom is -0.486 e. The summed E-state index contributed by atoms with van der Waals surface area (Å²) >= 11 is 0. The number of imidazole rings is 1. The number of hydrogen-bond acceptors (Lipinski definition) is 4. The van der Waals surface area contributed by atoms with Gasteiger partial charge in [-0.15, -0.1) is 0 Å². The van der Waals surface area contributed by atoms with E-state index in [1.807, 2.05) is 24.3 Å². The molecule has 2 atom stereocenters. The molecule has 7 heteroatoms. The van der Waals surface area contributed by atoms with E-state index in [0.29, 0.717) is 17.6 Å². The van der Waals surface area contributed by atoms with Crippen LogP contribution in [0.15, 0.2) is 47.3 Å². The van der Waals surface area contributed by atoms with Crippen molar-refractivity contribution >= 4 is 11.0 Å². The lowest BCUT2D eigenvalue weighted by Crippen LogP contribution is -2.46. The summed E-state index contributed by atoms with van der Waals surface area (Å²) < 4.78 is 27.3. The Labute approximate surface area is 161 Å². The van der Waals surface area contributed by atoms with Crippen LogP contribution in [-0.4, -0.2) is 46.8 Å². The minimum absolute atomic E-state index is 0.00796. The first-order valence-corrected chi connectivity index (χ1v) is 9.68. The van der Waals surface area contributed by atoms with Gasteiger partial charge in [-0.1, -0.05) is 12.1 Å². The summed E-state index contributed by atoms with van der Waals surface area (Å²) in [6, 6.07) is 12.1. The van der Waals surface area contributed by atoms with Crippen LogP contribution in [0.3, 0.4) is 0 Å². The molecule has 146 valence electrons. The fourth-order valence-corrected chi connectivity index (χ4v) is 4.31. The van der Waals surface area contributed by atoms with E-state index in [1.54, 1.807) is 10.6 Å². The number of aromatic amines is 1. The lowest BCUT2D eigenvalue weighted by Gasteiger charge is -2.36. The molecule has 0 radical (unpaired) electrons. The van der Waals surface area contributed by atoms with E-state index in [2.05, 4.69) is 9.88 Å². The second-order valence-electron chi connectivity index (χ2n) is 7.51. The van der Waals surface area contributed by atoms with Crippen LogP contribution in [0.25, 0.3) is 11.0 Å². The molecule has 2 aromatic carbocycles. The van der Waals surface area contributed by atoms with Gasteiger partial charge in [0.2, 0.25) is 0 Å². The van der Waals surface area contributed by atoms with Crippen molar-refractivity contribution in [2.24, 2.45) is 0 Å². The van der Waals surface area contributed by atoms with E-state index >= 15 is 0 Å². The number of nitrogens with zero attached hydrogens (tertiary/aromatic N) is 2. The average molecular weight is 383 g/mol. The fourth-order valence-electron chi connectivity index (χ4n) is 4.31. The van der Waals surface area contributed by atoms with E-state index < -0.39 is 0 Å². The molecule has 6 nitrogen and oxygen atoms in total. The zero-order valence-corrected chi connectivity index (χ0v) is 15.4. The number of piperidine rings is 1. The highest BCUT2D eigenvalue weighted by atomic mass is 19.1. The van der Waals surface area contributed by atoms with Gasteiger partial charge in [0.05, 0.1) is 17.1 Å². The van der Waals surface area contributed by atoms with Crippen LogP contribution in [0.1, 0.15) is 18.9 Å². The first-order valence-electron chi connectivity index (χ1n) is 9.68. The molecular formula is C21H22FN3O3. The van der Waals surface area contributed by atoms with Crippen molar-refractivity contribution in [2.75, 3.05) is 26.2 Å². The second-order valence-corrected chi connectivity index (χ2v) is 7.51. The Kier molecular flexibility index (Phi) is 4.31. The first kappa shape index (κ1) is 17.3. The quantitative estimate of drug-likeness (QED) is 0.756. The van der Waals surface area contributed by atoms with Crippen LogP contribution in [0.4, 0.5) is 4.39 Å². The molecule has 28 heavy (non-hydrogen) atoms. The molecule has 1 N–H and O–H groups in total. The molecule has 0 spiro atoms. The van der Waals surface area contributed by atoms with Gasteiger partial charge in [0.25, 0.3) is 0 Å². The van der Waals surface area contributed by atoms with Crippen molar-refractivity contribution in [2.45, 2.75) is 25.0 Å². The predicted molar refractivity (Wildman–Crippen MR) is 104 cm³/mol. The topological polar surface area (TPSA) is 59.5 Å². The Morgan fingerprint density at radius 2 is 2.04 bits per heavy atom. The number of aromatic nitrogens is 2. The van der Waals surface area contributed by atoms with Crippen LogP contribution in [0.2, 0.25) is 0 Å². The van der Waals surface area contributed by atoms with E-state index in [9.17, 15) is 9.18 Å². The number of fused-ring (bicyclic) bond motifs is 2. The summed E-state index contributed by atoms with van der Waals surface area (Å²) in [5.74, 6) is 1.22. The van der Waals surface area contributed by atoms with Crippen molar-refractivity contribution in [3.63, 3.8) is 0 Å². The molecule has 0 unspecified atom stereocenters. The molecule has 0 amide bonds. The van der Waals surface area contributed by atoms with Crippen LogP contribution in [0.5, 0.6) is 11.5 Å². The van der Waals surface area contributed by atoms with Gasteiger partial charge in [0.1, 0.15) is 18.5 Å². The third-order valence-corrected chi connectivity index (χ3v) is 5.55. The smallest absolute Gasteiger partial charge is 0.326 e. The van der Waals surface area contributed by atoms with Gasteiger partial charge in [0.15, 0.2) is 11.5 Å². The Bertz CT molecular complexity index is 1060. The van der Waals surface area contributed by atoms with Crippen molar-refractivity contribution in [3.05, 3.63) is 58.8 Å². The first-order chi connectivity index (χ1) is 13.7. The van der Waals surface area contributed by atoms with E-state index in [4.69, 9.17) is 9.47 Å². The largest absolute Gasteiger partial charge is 0.486 e. The highest BCUT2D eigenvalue weighted by Crippen LogP contribution is 2.32. The lowest BCUT2D eigenvalue weighted by molar-refractivity contribution is 0.0462. The number of nitrogens with one attached hydrogen (secondary N) is 1.